The van der Waals surface area contributed by atoms with Gasteiger partial charge in [-0.1, -0.05) is 51.9 Å². The second-order valence-corrected chi connectivity index (χ2v) is 6.81. The molecule has 1 saturated carbocycles. The number of hydrogen-bond acceptors (Lipinski definition) is 2. The van der Waals surface area contributed by atoms with E-state index in [1.807, 2.05) is 0 Å². The standard InChI is InChI=1S/C15H31NS/c1-3-4-5-6-10-13-16-14-15(17-2)11-8-7-9-12-15/h16H,3-14H2,1-2H3. The van der Waals surface area contributed by atoms with Crippen LogP contribution in [0.3, 0.4) is 0 Å². The van der Waals surface area contributed by atoms with Crippen molar-refractivity contribution in [3.05, 3.63) is 0 Å². The van der Waals surface area contributed by atoms with Crippen LogP contribution in [0.15, 0.2) is 0 Å². The molecule has 0 aromatic rings. The van der Waals surface area contributed by atoms with Gasteiger partial charge < -0.3 is 5.32 Å². The third-order valence-corrected chi connectivity index (χ3v) is 5.52. The van der Waals surface area contributed by atoms with Crippen LogP contribution < -0.4 is 5.32 Å². The fourth-order valence-electron chi connectivity index (χ4n) is 2.82. The number of rotatable bonds is 9. The van der Waals surface area contributed by atoms with Gasteiger partial charge in [0.15, 0.2) is 0 Å². The number of unbranched alkanes of at least 4 members (excludes halogenated alkanes) is 4. The summed E-state index contributed by atoms with van der Waals surface area (Å²) in [4.78, 5) is 0. The van der Waals surface area contributed by atoms with Gasteiger partial charge in [0.1, 0.15) is 0 Å². The minimum absolute atomic E-state index is 0.571. The fraction of sp³-hybridized carbons (Fsp3) is 1.00. The maximum atomic E-state index is 3.70. The van der Waals surface area contributed by atoms with Crippen LogP contribution in [0.4, 0.5) is 0 Å². The Morgan fingerprint density at radius 3 is 2.35 bits per heavy atom. The van der Waals surface area contributed by atoms with E-state index in [1.165, 1.54) is 77.3 Å². The van der Waals surface area contributed by atoms with Crippen molar-refractivity contribution in [2.75, 3.05) is 19.3 Å². The summed E-state index contributed by atoms with van der Waals surface area (Å²) < 4.78 is 0.571. The Kier molecular flexibility index (Phi) is 8.38. The van der Waals surface area contributed by atoms with E-state index < -0.39 is 0 Å². The van der Waals surface area contributed by atoms with Gasteiger partial charge in [-0.2, -0.15) is 11.8 Å². The number of thioether (sulfide) groups is 1. The van der Waals surface area contributed by atoms with Crippen molar-refractivity contribution in [1.82, 2.24) is 5.32 Å². The molecule has 102 valence electrons. The highest BCUT2D eigenvalue weighted by atomic mass is 32.2. The van der Waals surface area contributed by atoms with Gasteiger partial charge >= 0.3 is 0 Å². The molecule has 0 aromatic carbocycles. The molecule has 1 aliphatic rings. The molecule has 0 saturated heterocycles. The van der Waals surface area contributed by atoms with E-state index in [2.05, 4.69) is 30.3 Å². The van der Waals surface area contributed by atoms with Gasteiger partial charge in [0.2, 0.25) is 0 Å². The van der Waals surface area contributed by atoms with Gasteiger partial charge in [0.25, 0.3) is 0 Å². The van der Waals surface area contributed by atoms with Crippen LogP contribution in [0, 0.1) is 0 Å². The lowest BCUT2D eigenvalue weighted by atomic mass is 9.88. The minimum Gasteiger partial charge on any atom is -0.315 e. The first kappa shape index (κ1) is 15.4. The molecule has 1 N–H and O–H groups in total. The summed E-state index contributed by atoms with van der Waals surface area (Å²) in [5.41, 5.74) is 0. The summed E-state index contributed by atoms with van der Waals surface area (Å²) in [6.45, 7) is 4.75. The van der Waals surface area contributed by atoms with Crippen molar-refractivity contribution >= 4 is 11.8 Å². The van der Waals surface area contributed by atoms with Crippen LogP contribution in [0.5, 0.6) is 0 Å². The molecule has 1 aliphatic carbocycles. The lowest BCUT2D eigenvalue weighted by Gasteiger charge is -2.36. The maximum Gasteiger partial charge on any atom is 0.0281 e. The highest BCUT2D eigenvalue weighted by Crippen LogP contribution is 2.37. The molecule has 1 fully saturated rings. The van der Waals surface area contributed by atoms with Crippen LogP contribution >= 0.6 is 11.8 Å². The summed E-state index contributed by atoms with van der Waals surface area (Å²) in [6, 6.07) is 0. The lowest BCUT2D eigenvalue weighted by molar-refractivity contribution is 0.378. The second kappa shape index (κ2) is 9.27. The van der Waals surface area contributed by atoms with Crippen molar-refractivity contribution in [1.29, 1.82) is 0 Å². The molecule has 0 amide bonds. The second-order valence-electron chi connectivity index (χ2n) is 5.54. The zero-order chi connectivity index (χ0) is 12.4. The fourth-order valence-corrected chi connectivity index (χ4v) is 3.76. The quantitative estimate of drug-likeness (QED) is 0.605. The van der Waals surface area contributed by atoms with Crippen molar-refractivity contribution in [2.24, 2.45) is 0 Å². The Bertz CT molecular complexity index is 176. The molecule has 2 heteroatoms. The predicted molar refractivity (Wildman–Crippen MR) is 81.0 cm³/mol. The average molecular weight is 257 g/mol. The van der Waals surface area contributed by atoms with E-state index in [0.29, 0.717) is 4.75 Å². The van der Waals surface area contributed by atoms with Crippen LogP contribution in [0.1, 0.15) is 71.1 Å². The normalized spacial score (nSPS) is 19.4. The van der Waals surface area contributed by atoms with Gasteiger partial charge in [-0.3, -0.25) is 0 Å². The van der Waals surface area contributed by atoms with Gasteiger partial charge in [0, 0.05) is 11.3 Å². The van der Waals surface area contributed by atoms with Gasteiger partial charge in [-0.15, -0.1) is 0 Å². The van der Waals surface area contributed by atoms with Crippen LogP contribution in [0.2, 0.25) is 0 Å². The Morgan fingerprint density at radius 2 is 1.71 bits per heavy atom. The van der Waals surface area contributed by atoms with E-state index in [1.54, 1.807) is 0 Å². The topological polar surface area (TPSA) is 12.0 Å². The molecule has 0 aliphatic heterocycles. The number of hydrogen-bond donors (Lipinski definition) is 1. The van der Waals surface area contributed by atoms with Crippen LogP contribution in [0.25, 0.3) is 0 Å². The molecule has 0 heterocycles. The predicted octanol–water partition coefficient (Wildman–Crippen LogP) is 4.61. The van der Waals surface area contributed by atoms with Crippen molar-refractivity contribution in [3.8, 4) is 0 Å². The first-order valence-electron chi connectivity index (χ1n) is 7.59. The average Bonchev–Trinajstić information content (AvgIpc) is 2.39. The smallest absolute Gasteiger partial charge is 0.0281 e. The summed E-state index contributed by atoms with van der Waals surface area (Å²) in [5, 5.41) is 3.70. The summed E-state index contributed by atoms with van der Waals surface area (Å²) >= 11 is 2.10. The van der Waals surface area contributed by atoms with E-state index in [4.69, 9.17) is 0 Å². The Hall–Kier alpha value is 0.310. The van der Waals surface area contributed by atoms with Crippen molar-refractivity contribution < 1.29 is 0 Å². The Balaban J connectivity index is 2.03. The Morgan fingerprint density at radius 1 is 1.00 bits per heavy atom. The zero-order valence-electron chi connectivity index (χ0n) is 11.9. The van der Waals surface area contributed by atoms with E-state index >= 15 is 0 Å². The monoisotopic (exact) mass is 257 g/mol. The largest absolute Gasteiger partial charge is 0.315 e. The van der Waals surface area contributed by atoms with Crippen LogP contribution in [-0.4, -0.2) is 24.1 Å². The molecule has 0 bridgehead atoms. The molecule has 1 rings (SSSR count). The third kappa shape index (κ3) is 6.15. The van der Waals surface area contributed by atoms with Gasteiger partial charge in [-0.05, 0) is 32.1 Å². The van der Waals surface area contributed by atoms with E-state index in [0.717, 1.165) is 0 Å². The first-order valence-corrected chi connectivity index (χ1v) is 8.81. The SMILES string of the molecule is CCCCCCCNCC1(SC)CCCCC1. The zero-order valence-corrected chi connectivity index (χ0v) is 12.7. The summed E-state index contributed by atoms with van der Waals surface area (Å²) in [5.74, 6) is 0. The highest BCUT2D eigenvalue weighted by Gasteiger charge is 2.30. The summed E-state index contributed by atoms with van der Waals surface area (Å²) in [7, 11) is 0. The highest BCUT2D eigenvalue weighted by molar-refractivity contribution is 8.00. The minimum atomic E-state index is 0.571. The molecule has 0 atom stereocenters. The maximum absolute atomic E-state index is 3.70. The molecular formula is C15H31NS. The van der Waals surface area contributed by atoms with Crippen LogP contribution in [-0.2, 0) is 0 Å². The molecule has 0 spiro atoms. The van der Waals surface area contributed by atoms with E-state index in [9.17, 15) is 0 Å². The first-order chi connectivity index (χ1) is 8.33. The van der Waals surface area contributed by atoms with Gasteiger partial charge in [-0.25, -0.2) is 0 Å². The summed E-state index contributed by atoms with van der Waals surface area (Å²) in [6.07, 6.45) is 16.5. The van der Waals surface area contributed by atoms with Crippen molar-refractivity contribution in [2.45, 2.75) is 75.9 Å². The lowest BCUT2D eigenvalue weighted by Crippen LogP contribution is -2.39. The number of nitrogens with one attached hydrogen (secondary N) is 1. The molecule has 1 nitrogen and oxygen atoms in total. The Labute approximate surface area is 113 Å². The van der Waals surface area contributed by atoms with E-state index in [-0.39, 0.29) is 0 Å². The third-order valence-electron chi connectivity index (χ3n) is 4.10. The molecule has 0 aromatic heterocycles. The molecule has 17 heavy (non-hydrogen) atoms. The van der Waals surface area contributed by atoms with Crippen molar-refractivity contribution in [3.63, 3.8) is 0 Å². The molecule has 0 unspecified atom stereocenters. The molecule has 0 radical (unpaired) electrons. The molecular weight excluding hydrogens is 226 g/mol. The van der Waals surface area contributed by atoms with Gasteiger partial charge in [0.05, 0.1) is 0 Å².